The summed E-state index contributed by atoms with van der Waals surface area (Å²) in [7, 11) is 1.28. The highest BCUT2D eigenvalue weighted by molar-refractivity contribution is 5.86. The summed E-state index contributed by atoms with van der Waals surface area (Å²) in [5.74, 6) is -0.136. The summed E-state index contributed by atoms with van der Waals surface area (Å²) >= 11 is 0. The SMILES string of the molecule is COC(=O)c1cnc(OCc2ccc3c(c2)CCN(C(=O)O)CC3C(C)(C)C)cn1. The van der Waals surface area contributed by atoms with Crippen LogP contribution < -0.4 is 4.74 Å². The lowest BCUT2D eigenvalue weighted by Crippen LogP contribution is -2.36. The van der Waals surface area contributed by atoms with Crippen LogP contribution in [0.4, 0.5) is 4.79 Å². The molecule has 0 fully saturated rings. The third-order valence-corrected chi connectivity index (χ3v) is 5.36. The zero-order chi connectivity index (χ0) is 21.9. The fraction of sp³-hybridized carbons (Fsp3) is 0.455. The van der Waals surface area contributed by atoms with E-state index in [9.17, 15) is 14.7 Å². The van der Waals surface area contributed by atoms with Gasteiger partial charge in [0.05, 0.1) is 19.5 Å². The number of nitrogens with zero attached hydrogens (tertiary/aromatic N) is 3. The van der Waals surface area contributed by atoms with E-state index in [0.717, 1.165) is 11.1 Å². The topological polar surface area (TPSA) is 102 Å². The molecular formula is C22H27N3O5. The van der Waals surface area contributed by atoms with Gasteiger partial charge in [-0.15, -0.1) is 0 Å². The van der Waals surface area contributed by atoms with Gasteiger partial charge in [0.1, 0.15) is 6.61 Å². The third kappa shape index (κ3) is 4.87. The van der Waals surface area contributed by atoms with Crippen molar-refractivity contribution in [2.24, 2.45) is 5.41 Å². The van der Waals surface area contributed by atoms with E-state index in [1.165, 1.54) is 30.0 Å². The summed E-state index contributed by atoms with van der Waals surface area (Å²) in [5.41, 5.74) is 3.35. The second kappa shape index (κ2) is 8.69. The van der Waals surface area contributed by atoms with Crippen molar-refractivity contribution in [3.63, 3.8) is 0 Å². The van der Waals surface area contributed by atoms with E-state index in [1.807, 2.05) is 6.07 Å². The highest BCUT2D eigenvalue weighted by Crippen LogP contribution is 2.39. The number of fused-ring (bicyclic) bond motifs is 1. The van der Waals surface area contributed by atoms with Gasteiger partial charge in [-0.1, -0.05) is 39.0 Å². The molecule has 160 valence electrons. The Morgan fingerprint density at radius 2 is 2.00 bits per heavy atom. The Morgan fingerprint density at radius 3 is 2.60 bits per heavy atom. The molecule has 0 radical (unpaired) electrons. The van der Waals surface area contributed by atoms with Gasteiger partial charge < -0.3 is 19.5 Å². The van der Waals surface area contributed by atoms with E-state index < -0.39 is 12.1 Å². The number of hydrogen-bond donors (Lipinski definition) is 1. The number of methoxy groups -OCH3 is 1. The largest absolute Gasteiger partial charge is 0.472 e. The van der Waals surface area contributed by atoms with Gasteiger partial charge >= 0.3 is 12.1 Å². The van der Waals surface area contributed by atoms with Crippen LogP contribution in [0, 0.1) is 5.41 Å². The molecule has 0 aliphatic carbocycles. The lowest BCUT2D eigenvalue weighted by atomic mass is 9.75. The number of aromatic nitrogens is 2. The number of amides is 1. The maximum absolute atomic E-state index is 11.6. The summed E-state index contributed by atoms with van der Waals surface area (Å²) in [6.45, 7) is 7.67. The Hall–Kier alpha value is -3.16. The first-order valence-corrected chi connectivity index (χ1v) is 9.81. The zero-order valence-electron chi connectivity index (χ0n) is 17.7. The maximum Gasteiger partial charge on any atom is 0.407 e. The Balaban J connectivity index is 1.77. The molecule has 2 aromatic rings. The van der Waals surface area contributed by atoms with Gasteiger partial charge in [0.2, 0.25) is 5.88 Å². The molecule has 1 N–H and O–H groups in total. The van der Waals surface area contributed by atoms with Crippen LogP contribution in [0.1, 0.15) is 53.9 Å². The highest BCUT2D eigenvalue weighted by atomic mass is 16.5. The van der Waals surface area contributed by atoms with Crippen molar-refractivity contribution >= 4 is 12.1 Å². The molecule has 1 aromatic heterocycles. The molecule has 1 atom stereocenters. The summed E-state index contributed by atoms with van der Waals surface area (Å²) in [5, 5.41) is 9.52. The van der Waals surface area contributed by atoms with Crippen molar-refractivity contribution in [3.05, 3.63) is 53.0 Å². The quantitative estimate of drug-likeness (QED) is 0.765. The van der Waals surface area contributed by atoms with Gasteiger partial charge in [0.25, 0.3) is 0 Å². The normalized spacial score (nSPS) is 16.4. The minimum absolute atomic E-state index is 0.0677. The Morgan fingerprint density at radius 1 is 1.23 bits per heavy atom. The molecule has 1 amide bonds. The smallest absolute Gasteiger partial charge is 0.407 e. The summed E-state index contributed by atoms with van der Waals surface area (Å²) < 4.78 is 10.3. The molecule has 0 bridgehead atoms. The number of carbonyl (C=O) groups excluding carboxylic acids is 1. The van der Waals surface area contributed by atoms with Crippen LogP contribution in [0.3, 0.4) is 0 Å². The Kier molecular flexibility index (Phi) is 6.24. The molecule has 0 spiro atoms. The highest BCUT2D eigenvalue weighted by Gasteiger charge is 2.33. The fourth-order valence-electron chi connectivity index (χ4n) is 3.64. The molecule has 0 saturated heterocycles. The Bertz CT molecular complexity index is 921. The Labute approximate surface area is 175 Å². The molecule has 1 unspecified atom stereocenters. The predicted octanol–water partition coefficient (Wildman–Crippen LogP) is 3.51. The predicted molar refractivity (Wildman–Crippen MR) is 110 cm³/mol. The first-order valence-electron chi connectivity index (χ1n) is 9.81. The average molecular weight is 413 g/mol. The van der Waals surface area contributed by atoms with Crippen LogP contribution in [0.25, 0.3) is 0 Å². The van der Waals surface area contributed by atoms with Gasteiger partial charge in [0, 0.05) is 19.0 Å². The first kappa shape index (κ1) is 21.5. The minimum atomic E-state index is -0.880. The van der Waals surface area contributed by atoms with Gasteiger partial charge in [-0.05, 0) is 28.5 Å². The number of rotatable bonds is 4. The molecular weight excluding hydrogens is 386 g/mol. The minimum Gasteiger partial charge on any atom is -0.472 e. The van der Waals surface area contributed by atoms with Gasteiger partial charge in [-0.25, -0.2) is 19.6 Å². The van der Waals surface area contributed by atoms with Gasteiger partial charge in [-0.3, -0.25) is 0 Å². The van der Waals surface area contributed by atoms with Crippen molar-refractivity contribution in [1.29, 1.82) is 0 Å². The fourth-order valence-corrected chi connectivity index (χ4v) is 3.64. The number of carboxylic acid groups (broad SMARTS) is 1. The number of esters is 1. The van der Waals surface area contributed by atoms with Gasteiger partial charge in [-0.2, -0.15) is 0 Å². The van der Waals surface area contributed by atoms with Crippen molar-refractivity contribution < 1.29 is 24.2 Å². The number of ether oxygens (including phenoxy) is 2. The third-order valence-electron chi connectivity index (χ3n) is 5.36. The van der Waals surface area contributed by atoms with Crippen molar-refractivity contribution in [2.45, 2.75) is 39.7 Å². The van der Waals surface area contributed by atoms with E-state index in [-0.39, 0.29) is 17.0 Å². The summed E-state index contributed by atoms with van der Waals surface area (Å²) in [4.78, 5) is 32.6. The van der Waals surface area contributed by atoms with Gasteiger partial charge in [0.15, 0.2) is 5.69 Å². The van der Waals surface area contributed by atoms with Crippen LogP contribution >= 0.6 is 0 Å². The lowest BCUT2D eigenvalue weighted by Gasteiger charge is -2.33. The van der Waals surface area contributed by atoms with Crippen LogP contribution in [-0.2, 0) is 17.8 Å². The second-order valence-electron chi connectivity index (χ2n) is 8.45. The number of benzene rings is 1. The summed E-state index contributed by atoms with van der Waals surface area (Å²) in [6, 6.07) is 6.17. The van der Waals surface area contributed by atoms with E-state index in [0.29, 0.717) is 32.0 Å². The molecule has 30 heavy (non-hydrogen) atoms. The lowest BCUT2D eigenvalue weighted by molar-refractivity contribution is 0.0593. The standard InChI is InChI=1S/C22H27N3O5/c1-22(2,3)17-12-25(21(27)28)8-7-15-9-14(5-6-16(15)17)13-30-19-11-23-18(10-24-19)20(26)29-4/h5-6,9-11,17H,7-8,12-13H2,1-4H3,(H,27,28). The van der Waals surface area contributed by atoms with Crippen molar-refractivity contribution in [2.75, 3.05) is 20.2 Å². The van der Waals surface area contributed by atoms with E-state index in [1.54, 1.807) is 0 Å². The number of carbonyl (C=O) groups is 2. The molecule has 1 aliphatic heterocycles. The molecule has 8 heteroatoms. The van der Waals surface area contributed by atoms with Crippen LogP contribution in [0.15, 0.2) is 30.6 Å². The second-order valence-corrected chi connectivity index (χ2v) is 8.45. The van der Waals surface area contributed by atoms with E-state index in [4.69, 9.17) is 4.74 Å². The van der Waals surface area contributed by atoms with E-state index >= 15 is 0 Å². The summed E-state index contributed by atoms with van der Waals surface area (Å²) in [6.07, 6.45) is 2.48. The molecule has 1 aliphatic rings. The first-order chi connectivity index (χ1) is 14.2. The molecule has 3 rings (SSSR count). The number of hydrogen-bond acceptors (Lipinski definition) is 6. The molecule has 8 nitrogen and oxygen atoms in total. The zero-order valence-corrected chi connectivity index (χ0v) is 17.7. The maximum atomic E-state index is 11.6. The van der Waals surface area contributed by atoms with Crippen LogP contribution in [-0.4, -0.2) is 52.2 Å². The van der Waals surface area contributed by atoms with Crippen LogP contribution in [0.2, 0.25) is 0 Å². The van der Waals surface area contributed by atoms with Crippen molar-refractivity contribution in [3.8, 4) is 5.88 Å². The molecule has 2 heterocycles. The molecule has 0 saturated carbocycles. The average Bonchev–Trinajstić information content (AvgIpc) is 2.91. The van der Waals surface area contributed by atoms with E-state index in [2.05, 4.69) is 47.6 Å². The van der Waals surface area contributed by atoms with Crippen LogP contribution in [0.5, 0.6) is 5.88 Å². The molecule has 1 aromatic carbocycles. The monoisotopic (exact) mass is 413 g/mol. The van der Waals surface area contributed by atoms with Crippen molar-refractivity contribution in [1.82, 2.24) is 14.9 Å².